The minimum Gasteiger partial charge on any atom is -0.484 e. The average Bonchev–Trinajstić information content (AvgIpc) is 3.60. The molecule has 30 heavy (non-hydrogen) atoms. The monoisotopic (exact) mass is 411 g/mol. The molecule has 1 unspecified atom stereocenters. The second-order valence-electron chi connectivity index (χ2n) is 9.23. The Kier molecular flexibility index (Phi) is 4.91. The highest BCUT2D eigenvalue weighted by molar-refractivity contribution is 5.94. The molecule has 7 nitrogen and oxygen atoms in total. The Morgan fingerprint density at radius 2 is 1.70 bits per heavy atom. The van der Waals surface area contributed by atoms with Crippen LogP contribution in [0.15, 0.2) is 24.3 Å². The number of hydrogen-bond acceptors (Lipinski definition) is 4. The first kappa shape index (κ1) is 19.4. The van der Waals surface area contributed by atoms with Crippen molar-refractivity contribution in [1.82, 2.24) is 9.80 Å². The quantitative estimate of drug-likeness (QED) is 0.811. The molecule has 3 amide bonds. The van der Waals surface area contributed by atoms with Gasteiger partial charge in [0.15, 0.2) is 0 Å². The Hall–Kier alpha value is -2.57. The number of rotatable bonds is 2. The van der Waals surface area contributed by atoms with Gasteiger partial charge in [-0.15, -0.1) is 0 Å². The maximum atomic E-state index is 13.2. The van der Waals surface area contributed by atoms with Gasteiger partial charge in [0.2, 0.25) is 17.7 Å². The molecule has 1 spiro atoms. The van der Waals surface area contributed by atoms with Gasteiger partial charge in [-0.2, -0.15) is 0 Å². The predicted octanol–water partition coefficient (Wildman–Crippen LogP) is 2.42. The Labute approximate surface area is 176 Å². The summed E-state index contributed by atoms with van der Waals surface area (Å²) in [5, 5.41) is 2.93. The summed E-state index contributed by atoms with van der Waals surface area (Å²) in [5.41, 5.74) is 0.147. The standard InChI is InChI=1S/C23H29N3O4/c27-20-14-23(30-19-6-2-1-5-18(19)24-20)9-12-25(13-10-23)22(29)17-4-3-11-26(15-17)21(28)16-7-8-16/h1-2,5-6,16-17H,3-4,7-15H2,(H,24,27). The number of nitrogens with zero attached hydrogens (tertiary/aromatic N) is 2. The van der Waals surface area contributed by atoms with Crippen molar-refractivity contribution in [2.75, 3.05) is 31.5 Å². The number of piperidine rings is 2. The van der Waals surface area contributed by atoms with E-state index in [2.05, 4.69) is 5.32 Å². The number of para-hydroxylation sites is 2. The Morgan fingerprint density at radius 3 is 2.47 bits per heavy atom. The molecule has 4 aliphatic rings. The van der Waals surface area contributed by atoms with Crippen molar-refractivity contribution in [3.05, 3.63) is 24.3 Å². The van der Waals surface area contributed by atoms with Crippen LogP contribution in [0.1, 0.15) is 44.9 Å². The zero-order valence-corrected chi connectivity index (χ0v) is 17.3. The molecule has 1 aliphatic carbocycles. The van der Waals surface area contributed by atoms with E-state index in [1.54, 1.807) is 0 Å². The highest BCUT2D eigenvalue weighted by atomic mass is 16.5. The van der Waals surface area contributed by atoms with Gasteiger partial charge in [0, 0.05) is 44.9 Å². The molecular weight excluding hydrogens is 382 g/mol. The van der Waals surface area contributed by atoms with Crippen LogP contribution in [0.5, 0.6) is 5.75 Å². The van der Waals surface area contributed by atoms with Crippen LogP contribution in [0.25, 0.3) is 0 Å². The van der Waals surface area contributed by atoms with Crippen LogP contribution in [0.3, 0.4) is 0 Å². The summed E-state index contributed by atoms with van der Waals surface area (Å²) in [6.07, 6.45) is 5.32. The summed E-state index contributed by atoms with van der Waals surface area (Å²) < 4.78 is 6.34. The van der Waals surface area contributed by atoms with Crippen LogP contribution < -0.4 is 10.1 Å². The van der Waals surface area contributed by atoms with E-state index in [0.29, 0.717) is 50.3 Å². The number of ether oxygens (including phenoxy) is 1. The van der Waals surface area contributed by atoms with Crippen LogP contribution in [-0.4, -0.2) is 59.3 Å². The minimum absolute atomic E-state index is 0.0405. The highest BCUT2D eigenvalue weighted by Crippen LogP contribution is 2.39. The fourth-order valence-electron chi connectivity index (χ4n) is 5.05. The lowest BCUT2D eigenvalue weighted by Crippen LogP contribution is -2.53. The third-order valence-corrected chi connectivity index (χ3v) is 6.97. The second-order valence-corrected chi connectivity index (χ2v) is 9.23. The van der Waals surface area contributed by atoms with Gasteiger partial charge in [-0.3, -0.25) is 14.4 Å². The number of hydrogen-bond donors (Lipinski definition) is 1. The van der Waals surface area contributed by atoms with Gasteiger partial charge in [0.05, 0.1) is 18.0 Å². The van der Waals surface area contributed by atoms with Crippen molar-refractivity contribution >= 4 is 23.4 Å². The largest absolute Gasteiger partial charge is 0.484 e. The maximum Gasteiger partial charge on any atom is 0.228 e. The second kappa shape index (κ2) is 7.60. The van der Waals surface area contributed by atoms with Crippen LogP contribution in [0, 0.1) is 11.8 Å². The number of anilines is 1. The highest BCUT2D eigenvalue weighted by Gasteiger charge is 2.43. The van der Waals surface area contributed by atoms with E-state index in [4.69, 9.17) is 4.74 Å². The SMILES string of the molecule is O=C1CC2(CCN(C(=O)C3CCCN(C(=O)C4CC4)C3)CC2)Oc2ccccc2N1. The molecule has 5 rings (SSSR count). The zero-order valence-electron chi connectivity index (χ0n) is 17.3. The molecule has 3 heterocycles. The van der Waals surface area contributed by atoms with Crippen molar-refractivity contribution in [1.29, 1.82) is 0 Å². The summed E-state index contributed by atoms with van der Waals surface area (Å²) >= 11 is 0. The van der Waals surface area contributed by atoms with E-state index in [0.717, 1.165) is 32.2 Å². The molecule has 1 atom stereocenters. The summed E-state index contributed by atoms with van der Waals surface area (Å²) in [4.78, 5) is 41.9. The van der Waals surface area contributed by atoms with Crippen LogP contribution in [0.4, 0.5) is 5.69 Å². The number of nitrogens with one attached hydrogen (secondary N) is 1. The van der Waals surface area contributed by atoms with E-state index in [9.17, 15) is 14.4 Å². The molecule has 1 N–H and O–H groups in total. The molecule has 1 saturated carbocycles. The molecule has 0 aromatic heterocycles. The first-order valence-electron chi connectivity index (χ1n) is 11.2. The third kappa shape index (κ3) is 3.77. The molecule has 160 valence electrons. The predicted molar refractivity (Wildman–Crippen MR) is 111 cm³/mol. The van der Waals surface area contributed by atoms with Gasteiger partial charge >= 0.3 is 0 Å². The molecule has 2 saturated heterocycles. The number of carbonyl (C=O) groups excluding carboxylic acids is 3. The first-order chi connectivity index (χ1) is 14.5. The Balaban J connectivity index is 1.22. The minimum atomic E-state index is -0.562. The normalized spacial score (nSPS) is 25.7. The topological polar surface area (TPSA) is 79.0 Å². The molecule has 1 aromatic rings. The summed E-state index contributed by atoms with van der Waals surface area (Å²) in [5.74, 6) is 1.15. The number of likely N-dealkylation sites (tertiary alicyclic amines) is 2. The van der Waals surface area contributed by atoms with E-state index in [-0.39, 0.29) is 29.6 Å². The van der Waals surface area contributed by atoms with E-state index in [1.165, 1.54) is 0 Å². The smallest absolute Gasteiger partial charge is 0.228 e. The molecule has 3 fully saturated rings. The van der Waals surface area contributed by atoms with Gasteiger partial charge in [0.1, 0.15) is 11.4 Å². The van der Waals surface area contributed by atoms with Crippen molar-refractivity contribution in [2.24, 2.45) is 11.8 Å². The van der Waals surface area contributed by atoms with Crippen molar-refractivity contribution in [3.8, 4) is 5.75 Å². The van der Waals surface area contributed by atoms with Gasteiger partial charge in [-0.05, 0) is 37.8 Å². The Bertz CT molecular complexity index is 858. The lowest BCUT2D eigenvalue weighted by molar-refractivity contribution is -0.144. The number of carbonyl (C=O) groups is 3. The summed E-state index contributed by atoms with van der Waals surface area (Å²) in [6.45, 7) is 2.51. The third-order valence-electron chi connectivity index (χ3n) is 6.97. The van der Waals surface area contributed by atoms with Crippen molar-refractivity contribution in [3.63, 3.8) is 0 Å². The fourth-order valence-corrected chi connectivity index (χ4v) is 5.05. The van der Waals surface area contributed by atoms with Crippen LogP contribution in [-0.2, 0) is 14.4 Å². The van der Waals surface area contributed by atoms with Gasteiger partial charge in [-0.25, -0.2) is 0 Å². The zero-order chi connectivity index (χ0) is 20.7. The summed E-state index contributed by atoms with van der Waals surface area (Å²) in [6, 6.07) is 7.51. The molecule has 1 aromatic carbocycles. The maximum absolute atomic E-state index is 13.2. The first-order valence-corrected chi connectivity index (χ1v) is 11.2. The van der Waals surface area contributed by atoms with Gasteiger partial charge in [-0.1, -0.05) is 12.1 Å². The lowest BCUT2D eigenvalue weighted by atomic mass is 9.86. The van der Waals surface area contributed by atoms with E-state index >= 15 is 0 Å². The molecule has 0 radical (unpaired) electrons. The molecule has 0 bridgehead atoms. The molecular formula is C23H29N3O4. The number of benzene rings is 1. The number of fused-ring (bicyclic) bond motifs is 1. The lowest BCUT2D eigenvalue weighted by Gasteiger charge is -2.42. The number of amides is 3. The van der Waals surface area contributed by atoms with Gasteiger partial charge in [0.25, 0.3) is 0 Å². The van der Waals surface area contributed by atoms with Gasteiger partial charge < -0.3 is 19.9 Å². The van der Waals surface area contributed by atoms with Crippen molar-refractivity contribution in [2.45, 2.75) is 50.5 Å². The van der Waals surface area contributed by atoms with Crippen LogP contribution >= 0.6 is 0 Å². The molecule has 3 aliphatic heterocycles. The van der Waals surface area contributed by atoms with Crippen LogP contribution in [0.2, 0.25) is 0 Å². The average molecular weight is 412 g/mol. The van der Waals surface area contributed by atoms with E-state index in [1.807, 2.05) is 34.1 Å². The Morgan fingerprint density at radius 1 is 0.967 bits per heavy atom. The fraction of sp³-hybridized carbons (Fsp3) is 0.609. The summed E-state index contributed by atoms with van der Waals surface area (Å²) in [7, 11) is 0. The van der Waals surface area contributed by atoms with E-state index < -0.39 is 5.60 Å². The molecule has 7 heteroatoms. The van der Waals surface area contributed by atoms with Crippen molar-refractivity contribution < 1.29 is 19.1 Å².